The largest absolute Gasteiger partial charge is 0.461 e. The van der Waals surface area contributed by atoms with Crippen LogP contribution in [-0.4, -0.2) is 44.0 Å². The Morgan fingerprint density at radius 3 is 2.59 bits per heavy atom. The molecule has 124 valence electrons. The van der Waals surface area contributed by atoms with E-state index >= 15 is 0 Å². The van der Waals surface area contributed by atoms with Crippen molar-refractivity contribution in [1.82, 2.24) is 4.31 Å². The third-order valence-electron chi connectivity index (χ3n) is 3.81. The molecule has 0 radical (unpaired) electrons. The first-order valence-corrected chi connectivity index (χ1v) is 8.41. The number of allylic oxidation sites excluding steroid dienone is 1. The van der Waals surface area contributed by atoms with Gasteiger partial charge >= 0.3 is 16.2 Å². The van der Waals surface area contributed by atoms with Gasteiger partial charge in [-0.2, -0.15) is 8.42 Å². The average molecular weight is 336 g/mol. The van der Waals surface area contributed by atoms with Gasteiger partial charge in [0.05, 0.1) is 12.3 Å². The molecular weight excluding hydrogens is 318 g/mol. The molecule has 0 amide bonds. The van der Waals surface area contributed by atoms with Crippen LogP contribution in [0.2, 0.25) is 0 Å². The molecular formula is C13H18F2N2O4S. The summed E-state index contributed by atoms with van der Waals surface area (Å²) in [6.07, 6.45) is 0.979. The first kappa shape index (κ1) is 16.9. The van der Waals surface area contributed by atoms with Crippen LogP contribution in [0.15, 0.2) is 16.2 Å². The summed E-state index contributed by atoms with van der Waals surface area (Å²) >= 11 is 0. The quantitative estimate of drug-likeness (QED) is 0.738. The van der Waals surface area contributed by atoms with Crippen LogP contribution in [0.5, 0.6) is 0 Å². The van der Waals surface area contributed by atoms with Gasteiger partial charge < -0.3 is 4.74 Å². The summed E-state index contributed by atoms with van der Waals surface area (Å²) in [5.74, 6) is -3.88. The Hall–Kier alpha value is -1.51. The van der Waals surface area contributed by atoms with Gasteiger partial charge in [0, 0.05) is 25.8 Å². The van der Waals surface area contributed by atoms with E-state index in [-0.39, 0.29) is 43.7 Å². The second kappa shape index (κ2) is 5.94. The van der Waals surface area contributed by atoms with Gasteiger partial charge in [-0.25, -0.2) is 17.9 Å². The van der Waals surface area contributed by atoms with Crippen molar-refractivity contribution in [2.24, 2.45) is 10.3 Å². The average Bonchev–Trinajstić information content (AvgIpc) is 2.42. The van der Waals surface area contributed by atoms with E-state index < -0.39 is 28.0 Å². The van der Waals surface area contributed by atoms with Crippen LogP contribution < -0.4 is 0 Å². The predicted octanol–water partition coefficient (Wildman–Crippen LogP) is 1.89. The molecule has 2 rings (SSSR count). The molecule has 2 aliphatic rings. The highest BCUT2D eigenvalue weighted by Crippen LogP contribution is 2.38. The van der Waals surface area contributed by atoms with Crippen LogP contribution in [0.25, 0.3) is 0 Å². The number of halogens is 2. The van der Waals surface area contributed by atoms with Gasteiger partial charge in [-0.05, 0) is 25.8 Å². The smallest absolute Gasteiger partial charge is 0.355 e. The molecule has 9 heteroatoms. The van der Waals surface area contributed by atoms with Gasteiger partial charge in [-0.1, -0.05) is 0 Å². The third-order valence-corrected chi connectivity index (χ3v) is 5.14. The van der Waals surface area contributed by atoms with Crippen LogP contribution in [0.1, 0.15) is 32.6 Å². The fourth-order valence-electron chi connectivity index (χ4n) is 2.50. The van der Waals surface area contributed by atoms with E-state index in [4.69, 9.17) is 4.74 Å². The lowest BCUT2D eigenvalue weighted by Gasteiger charge is -2.30. The van der Waals surface area contributed by atoms with E-state index in [0.29, 0.717) is 0 Å². The fourth-order valence-corrected chi connectivity index (χ4v) is 3.46. The normalized spacial score (nSPS) is 24.5. The minimum absolute atomic E-state index is 0.103. The summed E-state index contributed by atoms with van der Waals surface area (Å²) in [5, 5.41) is 0. The number of hydrogen-bond donors (Lipinski definition) is 0. The molecule has 0 atom stereocenters. The Morgan fingerprint density at radius 1 is 1.45 bits per heavy atom. The third kappa shape index (κ3) is 3.45. The maximum Gasteiger partial charge on any atom is 0.355 e. The first-order chi connectivity index (χ1) is 10.2. The summed E-state index contributed by atoms with van der Waals surface area (Å²) in [6.45, 7) is 1.71. The molecule has 1 aliphatic carbocycles. The van der Waals surface area contributed by atoms with Gasteiger partial charge in [0.15, 0.2) is 0 Å². The van der Waals surface area contributed by atoms with E-state index in [1.807, 2.05) is 0 Å². The fraction of sp³-hybridized carbons (Fsp3) is 0.692. The minimum Gasteiger partial charge on any atom is -0.461 e. The Balaban J connectivity index is 2.29. The van der Waals surface area contributed by atoms with E-state index in [2.05, 4.69) is 4.40 Å². The lowest BCUT2D eigenvalue weighted by molar-refractivity contribution is -0.139. The first-order valence-electron chi connectivity index (χ1n) is 7.01. The molecule has 0 saturated heterocycles. The summed E-state index contributed by atoms with van der Waals surface area (Å²) < 4.78 is 59.7. The van der Waals surface area contributed by atoms with Crippen molar-refractivity contribution in [1.29, 1.82) is 0 Å². The van der Waals surface area contributed by atoms with Crippen LogP contribution in [0.4, 0.5) is 8.78 Å². The molecule has 22 heavy (non-hydrogen) atoms. The van der Waals surface area contributed by atoms with Crippen LogP contribution in [-0.2, 0) is 19.7 Å². The Bertz CT molecular complexity index is 618. The Labute approximate surface area is 128 Å². The Kier molecular flexibility index (Phi) is 4.55. The molecule has 0 aromatic rings. The van der Waals surface area contributed by atoms with Gasteiger partial charge in [0.1, 0.15) is 5.70 Å². The van der Waals surface area contributed by atoms with E-state index in [1.54, 1.807) is 6.92 Å². The molecule has 1 aliphatic heterocycles. The zero-order valence-corrected chi connectivity index (χ0v) is 13.2. The zero-order valence-electron chi connectivity index (χ0n) is 12.4. The van der Waals surface area contributed by atoms with Crippen molar-refractivity contribution in [3.63, 3.8) is 0 Å². The van der Waals surface area contributed by atoms with E-state index in [0.717, 1.165) is 4.31 Å². The van der Waals surface area contributed by atoms with Crippen LogP contribution in [0, 0.1) is 5.92 Å². The van der Waals surface area contributed by atoms with Crippen molar-refractivity contribution in [2.45, 2.75) is 38.5 Å². The molecule has 1 fully saturated rings. The highest BCUT2D eigenvalue weighted by molar-refractivity contribution is 7.88. The van der Waals surface area contributed by atoms with Gasteiger partial charge in [0.25, 0.3) is 0 Å². The number of carbonyl (C=O) groups is 1. The number of alkyl halides is 2. The lowest BCUT2D eigenvalue weighted by atomic mass is 9.83. The molecule has 6 nitrogen and oxygen atoms in total. The molecule has 1 saturated carbocycles. The molecule has 0 spiro atoms. The summed E-state index contributed by atoms with van der Waals surface area (Å²) in [6, 6.07) is 0. The second-order valence-corrected chi connectivity index (χ2v) is 6.97. The highest BCUT2D eigenvalue weighted by atomic mass is 32.2. The Morgan fingerprint density at radius 2 is 2.05 bits per heavy atom. The van der Waals surface area contributed by atoms with Crippen molar-refractivity contribution in [3.05, 3.63) is 11.8 Å². The number of esters is 1. The van der Waals surface area contributed by atoms with Crippen molar-refractivity contribution >= 4 is 21.9 Å². The maximum atomic E-state index is 13.2. The number of rotatable bonds is 3. The number of hydrogen-bond acceptors (Lipinski definition) is 4. The molecule has 1 heterocycles. The molecule has 0 aromatic carbocycles. The van der Waals surface area contributed by atoms with Crippen molar-refractivity contribution in [3.8, 4) is 0 Å². The maximum absolute atomic E-state index is 13.2. The second-order valence-electron chi connectivity index (χ2n) is 5.34. The SMILES string of the molecule is CCOC(=O)C1=CC(C2CCC(F)(F)CC2)=NS(=O)(=O)N1C. The van der Waals surface area contributed by atoms with E-state index in [1.165, 1.54) is 13.1 Å². The molecule has 0 bridgehead atoms. The monoisotopic (exact) mass is 336 g/mol. The molecule has 0 unspecified atom stereocenters. The summed E-state index contributed by atoms with van der Waals surface area (Å²) in [5.41, 5.74) is 0.000775. The van der Waals surface area contributed by atoms with Gasteiger partial charge in [-0.3, -0.25) is 0 Å². The number of carbonyl (C=O) groups excluding carboxylic acids is 1. The molecule has 0 N–H and O–H groups in total. The number of ether oxygens (including phenoxy) is 1. The van der Waals surface area contributed by atoms with E-state index in [9.17, 15) is 22.0 Å². The van der Waals surface area contributed by atoms with Crippen LogP contribution >= 0.6 is 0 Å². The highest BCUT2D eigenvalue weighted by Gasteiger charge is 2.39. The zero-order chi connectivity index (χ0) is 16.5. The van der Waals surface area contributed by atoms with Crippen LogP contribution in [0.3, 0.4) is 0 Å². The summed E-state index contributed by atoms with van der Waals surface area (Å²) in [7, 11) is -2.83. The number of likely N-dealkylation sites (N-methyl/N-ethyl adjacent to an activating group) is 1. The number of nitrogens with zero attached hydrogens (tertiary/aromatic N) is 2. The lowest BCUT2D eigenvalue weighted by Crippen LogP contribution is -2.37. The van der Waals surface area contributed by atoms with Crippen molar-refractivity contribution < 1.29 is 26.7 Å². The summed E-state index contributed by atoms with van der Waals surface area (Å²) in [4.78, 5) is 11.9. The topological polar surface area (TPSA) is 76.0 Å². The molecule has 0 aromatic heterocycles. The standard InChI is InChI=1S/C13H18F2N2O4S/c1-3-21-12(18)11-8-10(16-22(19,20)17(11)2)9-4-6-13(14,15)7-5-9/h8-9H,3-7H2,1-2H3. The minimum atomic E-state index is -4.04. The van der Waals surface area contributed by atoms with Crippen molar-refractivity contribution in [2.75, 3.05) is 13.7 Å². The van der Waals surface area contributed by atoms with Gasteiger partial charge in [-0.15, -0.1) is 4.40 Å². The predicted molar refractivity (Wildman–Crippen MR) is 75.7 cm³/mol. The van der Waals surface area contributed by atoms with Gasteiger partial charge in [0.2, 0.25) is 5.92 Å².